The average molecular weight is 233 g/mol. The molecule has 0 bridgehead atoms. The largest absolute Gasteiger partial charge is 0.272 e. The lowest BCUT2D eigenvalue weighted by Crippen LogP contribution is -2.38. The third-order valence-corrected chi connectivity index (χ3v) is 2.93. The zero-order valence-electron chi connectivity index (χ0n) is 10.6. The molecule has 0 aromatic heterocycles. The fourth-order valence-corrected chi connectivity index (χ4v) is 1.98. The van der Waals surface area contributed by atoms with Gasteiger partial charge in [-0.2, -0.15) is 0 Å². The van der Waals surface area contributed by atoms with Crippen molar-refractivity contribution in [2.45, 2.75) is 33.2 Å². The molecule has 1 fully saturated rings. The van der Waals surface area contributed by atoms with E-state index in [9.17, 15) is 4.79 Å². The van der Waals surface area contributed by atoms with Crippen molar-refractivity contribution >= 4 is 5.91 Å². The second-order valence-corrected chi connectivity index (χ2v) is 5.43. The van der Waals surface area contributed by atoms with Crippen LogP contribution in [0.2, 0.25) is 0 Å². The molecule has 17 heavy (non-hydrogen) atoms. The maximum atomic E-state index is 12.3. The molecule has 1 heterocycles. The summed E-state index contributed by atoms with van der Waals surface area (Å²) in [6.45, 7) is 6.36. The van der Waals surface area contributed by atoms with Gasteiger partial charge in [0.2, 0.25) is 0 Å². The highest BCUT2D eigenvalue weighted by Crippen LogP contribution is 2.33. The maximum absolute atomic E-state index is 12.3. The summed E-state index contributed by atoms with van der Waals surface area (Å²) in [5.41, 5.74) is 0.736. The van der Waals surface area contributed by atoms with E-state index in [1.165, 1.54) is 0 Å². The van der Waals surface area contributed by atoms with Gasteiger partial charge < -0.3 is 0 Å². The van der Waals surface area contributed by atoms with Crippen LogP contribution in [-0.4, -0.2) is 17.6 Å². The minimum Gasteiger partial charge on any atom is -0.272 e. The van der Waals surface area contributed by atoms with Crippen LogP contribution in [0.3, 0.4) is 0 Å². The fraction of sp³-hybridized carbons (Fsp3) is 0.500. The Labute approximate surface area is 102 Å². The first-order valence-electron chi connectivity index (χ1n) is 6.01. The minimum atomic E-state index is -0.405. The van der Waals surface area contributed by atoms with Crippen molar-refractivity contribution in [2.24, 2.45) is 5.41 Å². The number of nitrogens with zero attached hydrogens (tertiary/aromatic N) is 1. The van der Waals surface area contributed by atoms with Crippen LogP contribution in [0.15, 0.2) is 30.3 Å². The molecule has 92 valence electrons. The normalized spacial score (nSPS) is 20.6. The summed E-state index contributed by atoms with van der Waals surface area (Å²) in [5.74, 6) is 0.0452. The van der Waals surface area contributed by atoms with Gasteiger partial charge in [0.25, 0.3) is 5.91 Å². The molecule has 2 rings (SSSR count). The number of amides is 1. The van der Waals surface area contributed by atoms with Crippen LogP contribution in [0.25, 0.3) is 0 Å². The molecule has 1 amide bonds. The van der Waals surface area contributed by atoms with Gasteiger partial charge in [-0.3, -0.25) is 9.63 Å². The van der Waals surface area contributed by atoms with Gasteiger partial charge in [0.05, 0.1) is 12.6 Å². The van der Waals surface area contributed by atoms with Crippen LogP contribution in [0.4, 0.5) is 0 Å². The predicted molar refractivity (Wildman–Crippen MR) is 66.1 cm³/mol. The molecule has 0 radical (unpaired) electrons. The third kappa shape index (κ3) is 2.50. The van der Waals surface area contributed by atoms with Gasteiger partial charge in [0.1, 0.15) is 0 Å². The Balaban J connectivity index is 2.22. The van der Waals surface area contributed by atoms with E-state index in [1.807, 2.05) is 51.1 Å². The Morgan fingerprint density at radius 2 is 1.94 bits per heavy atom. The van der Waals surface area contributed by atoms with Crippen molar-refractivity contribution in [3.63, 3.8) is 0 Å². The van der Waals surface area contributed by atoms with Gasteiger partial charge in [-0.15, -0.1) is 0 Å². The van der Waals surface area contributed by atoms with E-state index in [-0.39, 0.29) is 11.9 Å². The topological polar surface area (TPSA) is 29.5 Å². The maximum Gasteiger partial charge on any atom is 0.252 e. The summed E-state index contributed by atoms with van der Waals surface area (Å²) in [5, 5.41) is 1.55. The summed E-state index contributed by atoms with van der Waals surface area (Å²) in [7, 11) is 0. The first-order valence-corrected chi connectivity index (χ1v) is 6.01. The van der Waals surface area contributed by atoms with Crippen LogP contribution >= 0.6 is 0 Å². The number of hydrogen-bond donors (Lipinski definition) is 0. The van der Waals surface area contributed by atoms with Crippen molar-refractivity contribution in [3.05, 3.63) is 35.9 Å². The van der Waals surface area contributed by atoms with Crippen LogP contribution in [-0.2, 0) is 9.63 Å². The van der Waals surface area contributed by atoms with Gasteiger partial charge in [0.15, 0.2) is 0 Å². The molecule has 0 unspecified atom stereocenters. The zero-order valence-corrected chi connectivity index (χ0v) is 10.6. The first kappa shape index (κ1) is 12.1. The lowest BCUT2D eigenvalue weighted by atomic mass is 9.94. The van der Waals surface area contributed by atoms with Crippen molar-refractivity contribution in [1.82, 2.24) is 5.06 Å². The van der Waals surface area contributed by atoms with Crippen LogP contribution in [0.5, 0.6) is 0 Å². The molecule has 0 aliphatic carbocycles. The van der Waals surface area contributed by atoms with Crippen LogP contribution in [0.1, 0.15) is 38.8 Å². The molecule has 0 N–H and O–H groups in total. The molecular formula is C14H19NO2. The van der Waals surface area contributed by atoms with Gasteiger partial charge in [0, 0.05) is 11.8 Å². The molecule has 1 aliphatic heterocycles. The fourth-order valence-electron chi connectivity index (χ4n) is 1.98. The summed E-state index contributed by atoms with van der Waals surface area (Å²) >= 11 is 0. The highest BCUT2D eigenvalue weighted by atomic mass is 16.7. The number of hydroxylamine groups is 2. The Bertz CT molecular complexity index is 394. The molecule has 1 aromatic carbocycles. The number of carbonyl (C=O) groups excluding carboxylic acids is 1. The smallest absolute Gasteiger partial charge is 0.252 e. The molecule has 1 aromatic rings. The Kier molecular flexibility index (Phi) is 3.20. The van der Waals surface area contributed by atoms with Gasteiger partial charge in [-0.05, 0) is 5.56 Å². The van der Waals surface area contributed by atoms with E-state index in [2.05, 4.69) is 0 Å². The lowest BCUT2D eigenvalue weighted by molar-refractivity contribution is -0.186. The van der Waals surface area contributed by atoms with Gasteiger partial charge in [-0.1, -0.05) is 51.1 Å². The Morgan fingerprint density at radius 3 is 2.53 bits per heavy atom. The quantitative estimate of drug-likeness (QED) is 0.746. The SMILES string of the molecule is CC(C)(C)C(=O)N1OCC[C@H]1c1ccccc1. The second kappa shape index (κ2) is 4.49. The summed E-state index contributed by atoms with van der Waals surface area (Å²) in [4.78, 5) is 17.7. The van der Waals surface area contributed by atoms with E-state index in [4.69, 9.17) is 4.84 Å². The molecule has 1 atom stereocenters. The number of carbonyl (C=O) groups is 1. The Morgan fingerprint density at radius 1 is 1.29 bits per heavy atom. The summed E-state index contributed by atoms with van der Waals surface area (Å²) < 4.78 is 0. The van der Waals surface area contributed by atoms with Crippen molar-refractivity contribution in [3.8, 4) is 0 Å². The first-order chi connectivity index (χ1) is 8.00. The molecule has 0 saturated carbocycles. The predicted octanol–water partition coefficient (Wildman–Crippen LogP) is 2.94. The molecule has 1 aliphatic rings. The standard InChI is InChI=1S/C14H19NO2/c1-14(2,3)13(16)15-12(9-10-17-15)11-7-5-4-6-8-11/h4-8,12H,9-10H2,1-3H3/t12-/m0/s1. The molecular weight excluding hydrogens is 214 g/mol. The highest BCUT2D eigenvalue weighted by Gasteiger charge is 2.37. The zero-order chi connectivity index (χ0) is 12.5. The van der Waals surface area contributed by atoms with Crippen molar-refractivity contribution < 1.29 is 9.63 Å². The number of rotatable bonds is 1. The molecule has 3 heteroatoms. The second-order valence-electron chi connectivity index (χ2n) is 5.43. The summed E-state index contributed by atoms with van der Waals surface area (Å²) in [6.07, 6.45) is 0.867. The molecule has 1 saturated heterocycles. The van der Waals surface area contributed by atoms with Gasteiger partial charge >= 0.3 is 0 Å². The van der Waals surface area contributed by atoms with E-state index in [1.54, 1.807) is 5.06 Å². The molecule has 3 nitrogen and oxygen atoms in total. The van der Waals surface area contributed by atoms with E-state index in [0.29, 0.717) is 6.61 Å². The summed E-state index contributed by atoms with van der Waals surface area (Å²) in [6, 6.07) is 10.1. The molecule has 0 spiro atoms. The highest BCUT2D eigenvalue weighted by molar-refractivity contribution is 5.81. The van der Waals surface area contributed by atoms with E-state index in [0.717, 1.165) is 12.0 Å². The minimum absolute atomic E-state index is 0.0452. The number of hydrogen-bond acceptors (Lipinski definition) is 2. The van der Waals surface area contributed by atoms with Crippen molar-refractivity contribution in [1.29, 1.82) is 0 Å². The van der Waals surface area contributed by atoms with Crippen molar-refractivity contribution in [2.75, 3.05) is 6.61 Å². The third-order valence-electron chi connectivity index (χ3n) is 2.93. The Hall–Kier alpha value is -1.35. The number of benzene rings is 1. The average Bonchev–Trinajstić information content (AvgIpc) is 2.76. The van der Waals surface area contributed by atoms with E-state index >= 15 is 0 Å². The van der Waals surface area contributed by atoms with Gasteiger partial charge in [-0.25, -0.2) is 5.06 Å². The van der Waals surface area contributed by atoms with E-state index < -0.39 is 5.41 Å². The monoisotopic (exact) mass is 233 g/mol. The van der Waals surface area contributed by atoms with Crippen LogP contribution in [0, 0.1) is 5.41 Å². The lowest BCUT2D eigenvalue weighted by Gasteiger charge is -2.29. The van der Waals surface area contributed by atoms with Crippen LogP contribution < -0.4 is 0 Å².